The lowest BCUT2D eigenvalue weighted by molar-refractivity contribution is 0.153. The highest BCUT2D eigenvalue weighted by molar-refractivity contribution is 7.14. The quantitative estimate of drug-likeness (QED) is 0.429. The molecule has 0 radical (unpaired) electrons. The number of rotatable bonds is 5. The molecular formula is C25H26FN7O2S. The van der Waals surface area contributed by atoms with Gasteiger partial charge >= 0.3 is 6.09 Å². The summed E-state index contributed by atoms with van der Waals surface area (Å²) in [6, 6.07) is 10.3. The van der Waals surface area contributed by atoms with Crippen molar-refractivity contribution in [2.24, 2.45) is 11.8 Å². The second-order valence-electron chi connectivity index (χ2n) is 9.39. The highest BCUT2D eigenvalue weighted by Gasteiger charge is 2.42. The summed E-state index contributed by atoms with van der Waals surface area (Å²) < 4.78 is 15.2. The van der Waals surface area contributed by atoms with Crippen molar-refractivity contribution in [1.82, 2.24) is 24.5 Å². The van der Waals surface area contributed by atoms with E-state index < -0.39 is 6.09 Å². The molecule has 1 N–H and O–H groups in total. The number of aromatic nitrogens is 4. The number of likely N-dealkylation sites (tertiary alicyclic amines) is 1. The second kappa shape index (κ2) is 8.74. The molecule has 0 bridgehead atoms. The monoisotopic (exact) mass is 507 g/mol. The van der Waals surface area contributed by atoms with Crippen molar-refractivity contribution in [2.75, 3.05) is 43.0 Å². The number of carbonyl (C=O) groups is 1. The second-order valence-corrected chi connectivity index (χ2v) is 10.2. The van der Waals surface area contributed by atoms with Gasteiger partial charge in [0, 0.05) is 56.0 Å². The molecule has 9 nitrogen and oxygen atoms in total. The Morgan fingerprint density at radius 1 is 1.11 bits per heavy atom. The summed E-state index contributed by atoms with van der Waals surface area (Å²) in [5.41, 5.74) is 3.35. The summed E-state index contributed by atoms with van der Waals surface area (Å²) in [6.45, 7) is 4.82. The lowest BCUT2D eigenvalue weighted by atomic mass is 10.0. The van der Waals surface area contributed by atoms with Crippen LogP contribution in [0.3, 0.4) is 0 Å². The van der Waals surface area contributed by atoms with Crippen LogP contribution in [0.2, 0.25) is 0 Å². The van der Waals surface area contributed by atoms with Crippen molar-refractivity contribution in [3.05, 3.63) is 53.3 Å². The molecule has 2 aliphatic heterocycles. The van der Waals surface area contributed by atoms with Gasteiger partial charge in [0.25, 0.3) is 0 Å². The molecule has 1 amide bonds. The minimum absolute atomic E-state index is 0.271. The predicted molar refractivity (Wildman–Crippen MR) is 137 cm³/mol. The van der Waals surface area contributed by atoms with Crippen LogP contribution in [0.5, 0.6) is 0 Å². The Labute approximate surface area is 211 Å². The molecule has 6 rings (SSSR count). The van der Waals surface area contributed by atoms with Gasteiger partial charge in [-0.15, -0.1) is 16.4 Å². The molecule has 36 heavy (non-hydrogen) atoms. The summed E-state index contributed by atoms with van der Waals surface area (Å²) >= 11 is 1.51. The van der Waals surface area contributed by atoms with Gasteiger partial charge in [-0.3, -0.25) is 0 Å². The van der Waals surface area contributed by atoms with Crippen molar-refractivity contribution in [2.45, 2.75) is 13.3 Å². The van der Waals surface area contributed by atoms with E-state index >= 15 is 0 Å². The van der Waals surface area contributed by atoms with Crippen molar-refractivity contribution >= 4 is 39.8 Å². The first-order valence-corrected chi connectivity index (χ1v) is 12.9. The van der Waals surface area contributed by atoms with Gasteiger partial charge < -0.3 is 19.8 Å². The lowest BCUT2D eigenvalue weighted by Crippen LogP contribution is -2.32. The van der Waals surface area contributed by atoms with Gasteiger partial charge in [-0.05, 0) is 42.8 Å². The van der Waals surface area contributed by atoms with Crippen LogP contribution >= 0.6 is 11.3 Å². The van der Waals surface area contributed by atoms with Crippen molar-refractivity contribution < 1.29 is 14.3 Å². The van der Waals surface area contributed by atoms with Gasteiger partial charge in [-0.2, -0.15) is 4.52 Å². The number of amides is 1. The number of nitrogens with zero attached hydrogens (tertiary/aromatic N) is 7. The molecule has 2 unspecified atom stereocenters. The smallest absolute Gasteiger partial charge is 0.407 e. The van der Waals surface area contributed by atoms with Gasteiger partial charge in [0.15, 0.2) is 16.6 Å². The lowest BCUT2D eigenvalue weighted by Gasteiger charge is -2.21. The zero-order valence-electron chi connectivity index (χ0n) is 20.0. The van der Waals surface area contributed by atoms with Crippen molar-refractivity contribution in [1.29, 1.82) is 0 Å². The maximum Gasteiger partial charge on any atom is 0.407 e. The van der Waals surface area contributed by atoms with Crippen LogP contribution in [0.1, 0.15) is 12.6 Å². The molecule has 4 aromatic rings. The molecule has 3 aromatic heterocycles. The number of hydrogen-bond acceptors (Lipinski definition) is 7. The van der Waals surface area contributed by atoms with Crippen LogP contribution in [0.4, 0.5) is 26.0 Å². The standard InChI is InChI=1S/C25H26FN7O2S/c1-3-19-23(30(2)24-28-20(14-36-24)15-4-6-18(26)7-5-15)33-21(27-19)8-9-22(29-33)31-10-16-12-32(25(34)35)13-17(16)11-31/h4-9,14,16-17H,3,10-13H2,1-2H3,(H,34,35). The van der Waals surface area contributed by atoms with Gasteiger partial charge in [-0.1, -0.05) is 6.92 Å². The van der Waals surface area contributed by atoms with E-state index in [1.807, 2.05) is 34.0 Å². The Kier molecular flexibility index (Phi) is 5.51. The van der Waals surface area contributed by atoms with Crippen LogP contribution in [0.15, 0.2) is 41.8 Å². The number of carboxylic acid groups (broad SMARTS) is 1. The summed E-state index contributed by atoms with van der Waals surface area (Å²) in [5.74, 6) is 2.11. The SMILES string of the molecule is CCc1nc2ccc(N3CC4CN(C(=O)O)CC4C3)nn2c1N(C)c1nc(-c2ccc(F)cc2)cs1. The van der Waals surface area contributed by atoms with Gasteiger partial charge in [0.1, 0.15) is 11.6 Å². The minimum Gasteiger partial charge on any atom is -0.465 e. The molecule has 2 aliphatic rings. The third-order valence-corrected chi connectivity index (χ3v) is 8.08. The number of aryl methyl sites for hydroxylation is 1. The topological polar surface area (TPSA) is 90.1 Å². The normalized spacial score (nSPS) is 19.3. The molecule has 2 fully saturated rings. The molecule has 0 spiro atoms. The molecule has 11 heteroatoms. The Morgan fingerprint density at radius 3 is 2.50 bits per heavy atom. The van der Waals surface area contributed by atoms with Crippen LogP contribution in [0, 0.1) is 17.7 Å². The first-order valence-electron chi connectivity index (χ1n) is 12.0. The molecule has 0 saturated carbocycles. The third-order valence-electron chi connectivity index (χ3n) is 7.16. The predicted octanol–water partition coefficient (Wildman–Crippen LogP) is 4.37. The number of anilines is 3. The molecule has 1 aromatic carbocycles. The number of benzene rings is 1. The molecule has 5 heterocycles. The van der Waals surface area contributed by atoms with Crippen molar-refractivity contribution in [3.8, 4) is 11.3 Å². The number of halogens is 1. The van der Waals surface area contributed by atoms with E-state index in [0.29, 0.717) is 24.9 Å². The first kappa shape index (κ1) is 22.7. The largest absolute Gasteiger partial charge is 0.465 e. The van der Waals surface area contributed by atoms with Crippen LogP contribution in [-0.2, 0) is 6.42 Å². The van der Waals surface area contributed by atoms with Gasteiger partial charge in [0.2, 0.25) is 0 Å². The van der Waals surface area contributed by atoms with E-state index in [2.05, 4.69) is 11.8 Å². The van der Waals surface area contributed by atoms with Crippen LogP contribution < -0.4 is 9.80 Å². The zero-order chi connectivity index (χ0) is 25.0. The average Bonchev–Trinajstić information content (AvgIpc) is 3.65. The number of hydrogen-bond donors (Lipinski definition) is 1. The first-order chi connectivity index (χ1) is 17.4. The average molecular weight is 508 g/mol. The fourth-order valence-corrected chi connectivity index (χ4v) is 6.10. The van der Waals surface area contributed by atoms with E-state index in [0.717, 1.165) is 58.9 Å². The number of thiazole rings is 1. The fourth-order valence-electron chi connectivity index (χ4n) is 5.30. The van der Waals surface area contributed by atoms with Crippen molar-refractivity contribution in [3.63, 3.8) is 0 Å². The Hall–Kier alpha value is -3.73. The highest BCUT2D eigenvalue weighted by atomic mass is 32.1. The number of imidazole rings is 1. The minimum atomic E-state index is -0.835. The van der Waals surface area contributed by atoms with Gasteiger partial charge in [-0.25, -0.2) is 19.2 Å². The molecule has 186 valence electrons. The maximum atomic E-state index is 13.3. The fraction of sp³-hybridized carbons (Fsp3) is 0.360. The summed E-state index contributed by atoms with van der Waals surface area (Å²) in [6.07, 6.45) is -0.0913. The van der Waals surface area contributed by atoms with Gasteiger partial charge in [0.05, 0.1) is 11.4 Å². The third kappa shape index (κ3) is 3.83. The highest BCUT2D eigenvalue weighted by Crippen LogP contribution is 2.36. The maximum absolute atomic E-state index is 13.3. The number of fused-ring (bicyclic) bond motifs is 2. The zero-order valence-corrected chi connectivity index (χ0v) is 20.8. The molecule has 2 atom stereocenters. The van der Waals surface area contributed by atoms with E-state index in [-0.39, 0.29) is 5.82 Å². The van der Waals surface area contributed by atoms with E-state index in [1.165, 1.54) is 28.4 Å². The molecule has 0 aliphatic carbocycles. The summed E-state index contributed by atoms with van der Waals surface area (Å²) in [7, 11) is 1.96. The molecular weight excluding hydrogens is 481 g/mol. The summed E-state index contributed by atoms with van der Waals surface area (Å²) in [5, 5.41) is 17.0. The Bertz CT molecular complexity index is 1420. The van der Waals surface area contributed by atoms with E-state index in [9.17, 15) is 14.3 Å². The summed E-state index contributed by atoms with van der Waals surface area (Å²) in [4.78, 5) is 26.7. The molecule has 2 saturated heterocycles. The van der Waals surface area contributed by atoms with E-state index in [4.69, 9.17) is 15.1 Å². The Balaban J connectivity index is 1.30. The van der Waals surface area contributed by atoms with Crippen LogP contribution in [-0.4, -0.2) is 68.9 Å². The Morgan fingerprint density at radius 2 is 1.83 bits per heavy atom. The van der Waals surface area contributed by atoms with Crippen LogP contribution in [0.25, 0.3) is 16.9 Å². The van der Waals surface area contributed by atoms with E-state index in [1.54, 1.807) is 12.1 Å².